The van der Waals surface area contributed by atoms with Gasteiger partial charge in [0.15, 0.2) is 0 Å². The topological polar surface area (TPSA) is 17.0 Å². The molecule has 3 heteroatoms. The second-order valence-electron chi connectivity index (χ2n) is 4.87. The molecular weight excluding hydrogens is 312 g/mol. The van der Waals surface area contributed by atoms with Gasteiger partial charge in [0.2, 0.25) is 0 Å². The van der Waals surface area contributed by atoms with Crippen molar-refractivity contribution in [1.29, 1.82) is 0 Å². The van der Waals surface area contributed by atoms with E-state index in [4.69, 9.17) is 0 Å². The van der Waals surface area contributed by atoms with Gasteiger partial charge in [0, 0.05) is 27.7 Å². The van der Waals surface area contributed by atoms with E-state index < -0.39 is 0 Å². The van der Waals surface area contributed by atoms with Crippen molar-refractivity contribution in [1.82, 2.24) is 4.57 Å². The Morgan fingerprint density at radius 1 is 1.00 bits per heavy atom. The van der Waals surface area contributed by atoms with Gasteiger partial charge < -0.3 is 5.32 Å². The summed E-state index contributed by atoms with van der Waals surface area (Å²) in [6.07, 6.45) is 4.38. The highest BCUT2D eigenvalue weighted by Crippen LogP contribution is 2.35. The number of para-hydroxylation sites is 1. The Morgan fingerprint density at radius 2 is 1.80 bits per heavy atom. The fraction of sp³-hybridized carbons (Fsp3) is 0.0588. The first-order valence-corrected chi connectivity index (χ1v) is 7.44. The highest BCUT2D eigenvalue weighted by molar-refractivity contribution is 9.10. The minimum absolute atomic E-state index is 0.875. The largest absolute Gasteiger partial charge is 0.367 e. The monoisotopic (exact) mass is 324 g/mol. The Bertz CT molecular complexity index is 813. The standard InChI is InChI=1S/C17H13BrN2/c18-12-7-9-13(10-8-12)20-16-6-2-1-4-14(16)15-5-3-11-19-17(15)20/h1-10,19H,11H2. The summed E-state index contributed by atoms with van der Waals surface area (Å²) in [5.41, 5.74) is 3.68. The second-order valence-corrected chi connectivity index (χ2v) is 5.79. The van der Waals surface area contributed by atoms with Gasteiger partial charge in [0.05, 0.1) is 5.52 Å². The summed E-state index contributed by atoms with van der Waals surface area (Å²) in [7, 11) is 0. The van der Waals surface area contributed by atoms with E-state index in [9.17, 15) is 0 Å². The number of halogens is 1. The van der Waals surface area contributed by atoms with Gasteiger partial charge in [-0.1, -0.05) is 46.3 Å². The summed E-state index contributed by atoms with van der Waals surface area (Å²) in [5, 5.41) is 4.78. The average Bonchev–Trinajstić information content (AvgIpc) is 2.83. The van der Waals surface area contributed by atoms with Crippen LogP contribution < -0.4 is 5.32 Å². The molecule has 0 radical (unpaired) electrons. The molecule has 0 spiro atoms. The van der Waals surface area contributed by atoms with Crippen molar-refractivity contribution in [2.45, 2.75) is 0 Å². The Morgan fingerprint density at radius 3 is 2.65 bits per heavy atom. The first kappa shape index (κ1) is 11.8. The van der Waals surface area contributed by atoms with Crippen LogP contribution in [0.3, 0.4) is 0 Å². The molecule has 20 heavy (non-hydrogen) atoms. The number of nitrogens with one attached hydrogen (secondary N) is 1. The first-order chi connectivity index (χ1) is 9.84. The predicted molar refractivity (Wildman–Crippen MR) is 88.5 cm³/mol. The molecule has 1 aliphatic rings. The maximum Gasteiger partial charge on any atom is 0.119 e. The molecule has 0 amide bonds. The maximum absolute atomic E-state index is 3.50. The van der Waals surface area contributed by atoms with Gasteiger partial charge in [-0.25, -0.2) is 0 Å². The van der Waals surface area contributed by atoms with Crippen LogP contribution >= 0.6 is 15.9 Å². The molecule has 2 heterocycles. The zero-order valence-electron chi connectivity index (χ0n) is 10.8. The van der Waals surface area contributed by atoms with E-state index in [2.05, 4.69) is 86.5 Å². The minimum Gasteiger partial charge on any atom is -0.367 e. The zero-order valence-corrected chi connectivity index (χ0v) is 12.4. The average molecular weight is 325 g/mol. The molecule has 1 aliphatic heterocycles. The smallest absolute Gasteiger partial charge is 0.119 e. The lowest BCUT2D eigenvalue weighted by Gasteiger charge is -2.15. The molecule has 0 saturated carbocycles. The molecule has 98 valence electrons. The van der Waals surface area contributed by atoms with Crippen molar-refractivity contribution in [3.05, 3.63) is 64.6 Å². The first-order valence-electron chi connectivity index (χ1n) is 6.64. The van der Waals surface area contributed by atoms with E-state index in [-0.39, 0.29) is 0 Å². The number of rotatable bonds is 1. The number of hydrogen-bond donors (Lipinski definition) is 1. The second kappa shape index (κ2) is 4.53. The number of benzene rings is 2. The SMILES string of the molecule is Brc1ccc(-n2c3c(c4ccccc42)C=CCN3)cc1. The quantitative estimate of drug-likeness (QED) is 0.678. The molecule has 1 N–H and O–H groups in total. The normalized spacial score (nSPS) is 13.2. The van der Waals surface area contributed by atoms with Gasteiger partial charge in [0.1, 0.15) is 5.82 Å². The highest BCUT2D eigenvalue weighted by Gasteiger charge is 2.17. The van der Waals surface area contributed by atoms with Crippen molar-refractivity contribution in [2.75, 3.05) is 11.9 Å². The molecule has 4 rings (SSSR count). The van der Waals surface area contributed by atoms with Crippen LogP contribution in [0.15, 0.2) is 59.1 Å². The summed E-state index contributed by atoms with van der Waals surface area (Å²) in [6, 6.07) is 17.0. The molecule has 0 saturated heterocycles. The van der Waals surface area contributed by atoms with E-state index in [0.29, 0.717) is 0 Å². The summed E-state index contributed by atoms with van der Waals surface area (Å²) in [5.74, 6) is 1.18. The number of nitrogens with zero attached hydrogens (tertiary/aromatic N) is 1. The number of hydrogen-bond acceptors (Lipinski definition) is 1. The lowest BCUT2D eigenvalue weighted by atomic mass is 10.1. The molecule has 0 unspecified atom stereocenters. The Balaban J connectivity index is 2.08. The van der Waals surface area contributed by atoms with E-state index in [1.165, 1.54) is 28.0 Å². The van der Waals surface area contributed by atoms with E-state index in [1.807, 2.05) is 0 Å². The third-order valence-electron chi connectivity index (χ3n) is 3.67. The zero-order chi connectivity index (χ0) is 13.5. The highest BCUT2D eigenvalue weighted by atomic mass is 79.9. The van der Waals surface area contributed by atoms with Crippen molar-refractivity contribution >= 4 is 38.7 Å². The van der Waals surface area contributed by atoms with Crippen LogP contribution in [0.5, 0.6) is 0 Å². The number of aromatic nitrogens is 1. The van der Waals surface area contributed by atoms with Crippen LogP contribution in [0, 0.1) is 0 Å². The molecule has 0 atom stereocenters. The molecule has 1 aromatic heterocycles. The Kier molecular flexibility index (Phi) is 2.67. The fourth-order valence-electron chi connectivity index (χ4n) is 2.80. The lowest BCUT2D eigenvalue weighted by molar-refractivity contribution is 1.09. The van der Waals surface area contributed by atoms with Crippen molar-refractivity contribution in [2.24, 2.45) is 0 Å². The van der Waals surface area contributed by atoms with Gasteiger partial charge >= 0.3 is 0 Å². The van der Waals surface area contributed by atoms with E-state index in [1.54, 1.807) is 0 Å². The Labute approximate surface area is 125 Å². The number of anilines is 1. The molecule has 2 aromatic carbocycles. The third kappa shape index (κ3) is 1.70. The van der Waals surface area contributed by atoms with Crippen molar-refractivity contribution < 1.29 is 0 Å². The minimum atomic E-state index is 0.875. The van der Waals surface area contributed by atoms with Crippen LogP contribution in [0.2, 0.25) is 0 Å². The lowest BCUT2D eigenvalue weighted by Crippen LogP contribution is -2.08. The summed E-state index contributed by atoms with van der Waals surface area (Å²) >= 11 is 3.50. The van der Waals surface area contributed by atoms with Crippen LogP contribution in [-0.2, 0) is 0 Å². The molecule has 0 fully saturated rings. The van der Waals surface area contributed by atoms with Gasteiger partial charge in [0.25, 0.3) is 0 Å². The van der Waals surface area contributed by atoms with Gasteiger partial charge in [-0.3, -0.25) is 4.57 Å². The summed E-state index contributed by atoms with van der Waals surface area (Å²) in [6.45, 7) is 0.875. The Hall–Kier alpha value is -2.00. The summed E-state index contributed by atoms with van der Waals surface area (Å²) < 4.78 is 3.39. The van der Waals surface area contributed by atoms with Crippen LogP contribution in [-0.4, -0.2) is 11.1 Å². The predicted octanol–water partition coefficient (Wildman–Crippen LogP) is 4.83. The van der Waals surface area contributed by atoms with Gasteiger partial charge in [-0.05, 0) is 30.3 Å². The summed E-state index contributed by atoms with van der Waals surface area (Å²) in [4.78, 5) is 0. The maximum atomic E-state index is 3.50. The molecular formula is C17H13BrN2. The molecule has 3 aromatic rings. The van der Waals surface area contributed by atoms with Crippen LogP contribution in [0.25, 0.3) is 22.7 Å². The number of fused-ring (bicyclic) bond motifs is 3. The van der Waals surface area contributed by atoms with Crippen molar-refractivity contribution in [3.8, 4) is 5.69 Å². The van der Waals surface area contributed by atoms with Gasteiger partial charge in [-0.15, -0.1) is 0 Å². The van der Waals surface area contributed by atoms with Crippen LogP contribution in [0.4, 0.5) is 5.82 Å². The molecule has 0 aliphatic carbocycles. The fourth-order valence-corrected chi connectivity index (χ4v) is 3.06. The van der Waals surface area contributed by atoms with Crippen molar-refractivity contribution in [3.63, 3.8) is 0 Å². The van der Waals surface area contributed by atoms with E-state index >= 15 is 0 Å². The third-order valence-corrected chi connectivity index (χ3v) is 4.20. The molecule has 0 bridgehead atoms. The van der Waals surface area contributed by atoms with E-state index in [0.717, 1.165) is 11.0 Å². The van der Waals surface area contributed by atoms with Crippen LogP contribution in [0.1, 0.15) is 5.56 Å². The molecule has 2 nitrogen and oxygen atoms in total. The van der Waals surface area contributed by atoms with Gasteiger partial charge in [-0.2, -0.15) is 0 Å².